The maximum atomic E-state index is 14.8. The van der Waals surface area contributed by atoms with Gasteiger partial charge in [-0.05, 0) is 204 Å². The van der Waals surface area contributed by atoms with Gasteiger partial charge in [-0.15, -0.1) is 0 Å². The summed E-state index contributed by atoms with van der Waals surface area (Å²) in [5, 5.41) is 60.4. The molecule has 0 aromatic heterocycles. The highest BCUT2D eigenvalue weighted by Gasteiger charge is 2.60. The van der Waals surface area contributed by atoms with Gasteiger partial charge in [0.25, 0.3) is 0 Å². The second kappa shape index (κ2) is 42.0. The number of rotatable bonds is 18. The summed E-state index contributed by atoms with van der Waals surface area (Å²) in [6, 6.07) is -1.30. The minimum absolute atomic E-state index is 0.0936. The van der Waals surface area contributed by atoms with Gasteiger partial charge < -0.3 is 126 Å². The third kappa shape index (κ3) is 24.8. The first-order valence-electron chi connectivity index (χ1n) is 42.5. The van der Waals surface area contributed by atoms with Gasteiger partial charge in [-0.3, -0.25) is 28.9 Å². The standard InChI is InChI=1S/C45H81N3O14.C40H74N2O13/c1-19-33-45(12)38(61-42(62-45)47(15)16)28(6)48(17)23-24(2)21-43(10,52)37(60-41-36(56-30(8)49)32(46(13)14)20-25(3)54-41)26(4)35(27(5)40(51)58-33)59-34-22-44(11,53-18)39(29(7)55-34)57-31(9)50;1-16-29-40(11,48)33(45)25(6)42(14)20-21(2)18-38(9,47)34(55-37-31(44)28(41(12)13)17-22(3)50-37)23(4)32(24(5)36(46)53-29)54-30-19-39(10,49-15)35(26(7)51-30)52-27(8)43/h24-29,32-39,41-42,52H,19-23H2,1-18H3;21-26,28-35,37,44-45,47-48H,16-20H2,1-15H3/t24-,25-,26+,27-,28-,29+,32+,33-,34+,35+,36-,37-,38+,39+,41+,42?,43-,44-,45-;21-,22-,23+,24-,25-,26+,28+,29-,30+,31-,32+,33-,34-,35+,37+,38-,39-,40-/m11/s1. The largest absolute Gasteiger partial charge is 0.459 e. The lowest BCUT2D eigenvalue weighted by Crippen LogP contribution is -2.61. The van der Waals surface area contributed by atoms with Crippen LogP contribution in [0.4, 0.5) is 0 Å². The molecular weight excluding hydrogens is 1520 g/mol. The number of hydrogen-bond donors (Lipinski definition) is 5. The van der Waals surface area contributed by atoms with Crippen LogP contribution in [0.2, 0.25) is 0 Å². The zero-order chi connectivity index (χ0) is 88.8. The fourth-order valence-electron chi connectivity index (χ4n) is 19.5. The van der Waals surface area contributed by atoms with E-state index in [0.29, 0.717) is 32.4 Å². The van der Waals surface area contributed by atoms with Crippen LogP contribution in [0.15, 0.2) is 0 Å². The average Bonchev–Trinajstić information content (AvgIpc) is 1.67. The SMILES string of the molecule is CC[C@H]1OC(=O)[C@H](C)[C@@H](O[C@H]2C[C@@](C)(OC)[C@@H](OC(C)=O)[C@H](C)O2)[C@H](C)[C@@H](O[C@@H]2O[C@H](C)C[C@H](N(C)C)[C@H]2O)[C@](C)(O)C[C@@H](C)CN(C)[C@H](C)[C@@H](O)[C@]1(C)O.CC[C@H]1OC(=O)[C@H](C)[C@@H](O[C@H]2C[C@@](C)(OC)[C@@H](OC(C)=O)[C@H](C)O2)[C@H](C)[C@@H](O[C@@H]2O[C@H](C)C[C@H](N(C)C)[C@H]2OC(C)=O)[C@](C)(O)C[C@@H](C)CN(C)[C@H](C)[C@@H]2OC(N(C)C)O[C@]12C. The number of aliphatic hydroxyl groups excluding tert-OH is 2. The molecule has 7 heterocycles. The highest BCUT2D eigenvalue weighted by molar-refractivity contribution is 5.74. The van der Waals surface area contributed by atoms with Crippen molar-refractivity contribution in [2.45, 2.75) is 398 Å². The van der Waals surface area contributed by atoms with Crippen molar-refractivity contribution >= 4 is 29.8 Å². The number of cyclic esters (lactones) is 2. The van der Waals surface area contributed by atoms with Crippen molar-refractivity contribution in [1.82, 2.24) is 24.5 Å². The molecule has 7 fully saturated rings. The molecule has 0 aromatic carbocycles. The lowest BCUT2D eigenvalue weighted by atomic mass is 9.77. The van der Waals surface area contributed by atoms with Crippen molar-refractivity contribution in [3.8, 4) is 0 Å². The molecule has 0 saturated carbocycles. The van der Waals surface area contributed by atoms with E-state index in [2.05, 4.69) is 18.7 Å². The summed E-state index contributed by atoms with van der Waals surface area (Å²) >= 11 is 0. The topological polar surface area (TPSA) is 360 Å². The zero-order valence-corrected chi connectivity index (χ0v) is 76.9. The number of fused-ring (bicyclic) bond motifs is 1. The number of hydrogen-bond acceptors (Lipinski definition) is 32. The number of methoxy groups -OCH3 is 2. The molecule has 7 rings (SSSR count). The van der Waals surface area contributed by atoms with Crippen molar-refractivity contribution in [2.24, 2.45) is 35.5 Å². The molecule has 7 saturated heterocycles. The van der Waals surface area contributed by atoms with E-state index >= 15 is 0 Å². The molecule has 0 spiro atoms. The second-order valence-electron chi connectivity index (χ2n) is 37.5. The van der Waals surface area contributed by atoms with E-state index in [-0.39, 0.29) is 74.3 Å². The molecule has 0 aromatic rings. The van der Waals surface area contributed by atoms with Crippen LogP contribution >= 0.6 is 0 Å². The molecule has 7 aliphatic heterocycles. The van der Waals surface area contributed by atoms with Gasteiger partial charge in [0, 0.05) is 90.9 Å². The normalized spacial score (nSPS) is 46.4. The van der Waals surface area contributed by atoms with Crippen LogP contribution in [0.1, 0.15) is 211 Å². The van der Waals surface area contributed by atoms with E-state index in [1.807, 2.05) is 131 Å². The number of aliphatic hydroxyl groups is 5. The van der Waals surface area contributed by atoms with Crippen molar-refractivity contribution in [1.29, 1.82) is 0 Å². The Morgan fingerprint density at radius 1 is 0.496 bits per heavy atom. The summed E-state index contributed by atoms with van der Waals surface area (Å²) in [6.07, 6.45) is -15.4. The third-order valence-electron chi connectivity index (χ3n) is 26.2. The highest BCUT2D eigenvalue weighted by atomic mass is 16.8. The molecule has 0 radical (unpaired) electrons. The van der Waals surface area contributed by atoms with Crippen molar-refractivity contribution in [2.75, 3.05) is 83.7 Å². The van der Waals surface area contributed by atoms with Gasteiger partial charge in [0.05, 0.1) is 77.9 Å². The van der Waals surface area contributed by atoms with E-state index in [0.717, 1.165) is 0 Å². The highest BCUT2D eigenvalue weighted by Crippen LogP contribution is 2.46. The quantitative estimate of drug-likeness (QED) is 0.0729. The van der Waals surface area contributed by atoms with Crippen LogP contribution in [0.5, 0.6) is 0 Å². The molecule has 682 valence electrons. The molecule has 117 heavy (non-hydrogen) atoms. The zero-order valence-electron chi connectivity index (χ0n) is 76.9. The van der Waals surface area contributed by atoms with Crippen molar-refractivity contribution in [3.63, 3.8) is 0 Å². The molecule has 37 atom stereocenters. The number of nitrogens with zero attached hydrogens (tertiary/aromatic N) is 5. The van der Waals surface area contributed by atoms with Crippen LogP contribution in [-0.4, -0.2) is 351 Å². The van der Waals surface area contributed by atoms with Crippen LogP contribution < -0.4 is 0 Å². The molecule has 0 bridgehead atoms. The van der Waals surface area contributed by atoms with Gasteiger partial charge >= 0.3 is 29.8 Å². The summed E-state index contributed by atoms with van der Waals surface area (Å²) < 4.78 is 108. The summed E-state index contributed by atoms with van der Waals surface area (Å²) in [5.41, 5.74) is -8.07. The van der Waals surface area contributed by atoms with E-state index in [9.17, 15) is 49.5 Å². The predicted molar refractivity (Wildman–Crippen MR) is 432 cm³/mol. The van der Waals surface area contributed by atoms with Crippen molar-refractivity contribution in [3.05, 3.63) is 0 Å². The number of likely N-dealkylation sites (N-methyl/N-ethyl adjacent to an activating group) is 4. The minimum atomic E-state index is -1.82. The number of ether oxygens (including phenoxy) is 17. The monoisotopic (exact) mass is 1680 g/mol. The molecular formula is C85H155N5O27. The number of carbonyl (C=O) groups is 5. The summed E-state index contributed by atoms with van der Waals surface area (Å²) in [4.78, 5) is 75.9. The van der Waals surface area contributed by atoms with Crippen LogP contribution in [0.3, 0.4) is 0 Å². The van der Waals surface area contributed by atoms with Gasteiger partial charge in [0.2, 0.25) is 6.41 Å². The van der Waals surface area contributed by atoms with Crippen LogP contribution in [0, 0.1) is 35.5 Å². The predicted octanol–water partition coefficient (Wildman–Crippen LogP) is 6.42. The van der Waals surface area contributed by atoms with Gasteiger partial charge in [-0.25, -0.2) is 0 Å². The third-order valence-corrected chi connectivity index (χ3v) is 26.2. The maximum absolute atomic E-state index is 14.8. The van der Waals surface area contributed by atoms with Gasteiger partial charge in [-0.1, -0.05) is 41.5 Å². The minimum Gasteiger partial charge on any atom is -0.459 e. The first kappa shape index (κ1) is 102. The van der Waals surface area contributed by atoms with E-state index in [1.54, 1.807) is 69.4 Å². The Kier molecular flexibility index (Phi) is 36.7. The maximum Gasteiger partial charge on any atom is 0.311 e. The van der Waals surface area contributed by atoms with Gasteiger partial charge in [0.1, 0.15) is 52.9 Å². The molecule has 32 nitrogen and oxygen atoms in total. The van der Waals surface area contributed by atoms with Crippen molar-refractivity contribution < 1.29 is 130 Å². The summed E-state index contributed by atoms with van der Waals surface area (Å²) in [6.45, 7) is 41.5. The summed E-state index contributed by atoms with van der Waals surface area (Å²) in [7, 11) is 18.2. The molecule has 7 aliphatic rings. The molecule has 32 heteroatoms. The molecule has 0 amide bonds. The lowest BCUT2D eigenvalue weighted by molar-refractivity contribution is -0.319. The molecule has 0 aliphatic carbocycles. The van der Waals surface area contributed by atoms with Crippen LogP contribution in [0.25, 0.3) is 0 Å². The molecule has 1 unspecified atom stereocenters. The second-order valence-corrected chi connectivity index (χ2v) is 37.5. The Bertz CT molecular complexity index is 3160. The Morgan fingerprint density at radius 3 is 1.28 bits per heavy atom. The first-order valence-corrected chi connectivity index (χ1v) is 42.5. The summed E-state index contributed by atoms with van der Waals surface area (Å²) in [5.74, 6) is -6.52. The Labute approximate surface area is 698 Å². The van der Waals surface area contributed by atoms with Gasteiger partial charge in [-0.2, -0.15) is 0 Å². The van der Waals surface area contributed by atoms with Crippen LogP contribution in [-0.2, 0) is 104 Å². The first-order chi connectivity index (χ1) is 54.0. The number of carbonyl (C=O) groups excluding carboxylic acids is 5. The van der Waals surface area contributed by atoms with Gasteiger partial charge in [0.15, 0.2) is 43.5 Å². The lowest BCUT2D eigenvalue weighted by Gasteiger charge is -2.49. The Balaban J connectivity index is 0.000000366. The Morgan fingerprint density at radius 2 is 0.889 bits per heavy atom. The van der Waals surface area contributed by atoms with E-state index in [1.165, 1.54) is 34.8 Å². The average molecular weight is 1680 g/mol. The Hall–Kier alpha value is -3.53. The fraction of sp³-hybridized carbons (Fsp3) is 0.941. The van der Waals surface area contributed by atoms with E-state index < -0.39 is 210 Å². The number of esters is 5. The molecule has 5 N–H and O–H groups in total. The van der Waals surface area contributed by atoms with E-state index in [4.69, 9.17) is 80.5 Å². The smallest absolute Gasteiger partial charge is 0.311 e. The fourth-order valence-corrected chi connectivity index (χ4v) is 19.5.